The molecule has 1 fully saturated rings. The van der Waals surface area contributed by atoms with Crippen LogP contribution < -0.4 is 10.5 Å². The standard InChI is InChI=1S/C15H22FNO/c1-10-3-6-13(7-4-10)18-15-8-5-12(11(2)17)9-14(15)16/h5,8-11,13H,3-4,6-7,17H2,1-2H3. The maximum atomic E-state index is 13.9. The summed E-state index contributed by atoms with van der Waals surface area (Å²) < 4.78 is 19.6. The fourth-order valence-corrected chi connectivity index (χ4v) is 2.42. The van der Waals surface area contributed by atoms with Gasteiger partial charge < -0.3 is 10.5 Å². The molecule has 1 unspecified atom stereocenters. The van der Waals surface area contributed by atoms with Crippen molar-refractivity contribution in [3.8, 4) is 5.75 Å². The van der Waals surface area contributed by atoms with Crippen molar-refractivity contribution in [1.29, 1.82) is 0 Å². The van der Waals surface area contributed by atoms with E-state index in [0.717, 1.165) is 24.3 Å². The molecule has 2 nitrogen and oxygen atoms in total. The molecule has 3 heteroatoms. The molecule has 2 N–H and O–H groups in total. The quantitative estimate of drug-likeness (QED) is 0.886. The molecular formula is C15H22FNO. The van der Waals surface area contributed by atoms with Gasteiger partial charge >= 0.3 is 0 Å². The second kappa shape index (κ2) is 5.70. The number of hydrogen-bond acceptors (Lipinski definition) is 2. The van der Waals surface area contributed by atoms with Gasteiger partial charge in [-0.25, -0.2) is 4.39 Å². The maximum absolute atomic E-state index is 13.9. The Morgan fingerprint density at radius 3 is 2.50 bits per heavy atom. The number of rotatable bonds is 3. The third-order valence-corrected chi connectivity index (χ3v) is 3.74. The fraction of sp³-hybridized carbons (Fsp3) is 0.600. The average Bonchev–Trinajstić information content (AvgIpc) is 2.34. The lowest BCUT2D eigenvalue weighted by atomic mass is 9.89. The molecule has 0 spiro atoms. The number of ether oxygens (including phenoxy) is 1. The zero-order valence-electron chi connectivity index (χ0n) is 11.2. The Hall–Kier alpha value is -1.09. The summed E-state index contributed by atoms with van der Waals surface area (Å²) in [5.41, 5.74) is 6.53. The summed E-state index contributed by atoms with van der Waals surface area (Å²) >= 11 is 0. The minimum atomic E-state index is -0.302. The van der Waals surface area contributed by atoms with Crippen LogP contribution in [0.2, 0.25) is 0 Å². The van der Waals surface area contributed by atoms with Gasteiger partial charge in [0.25, 0.3) is 0 Å². The van der Waals surface area contributed by atoms with Crippen molar-refractivity contribution >= 4 is 0 Å². The SMILES string of the molecule is CC1CCC(Oc2ccc(C(C)N)cc2F)CC1. The highest BCUT2D eigenvalue weighted by Crippen LogP contribution is 2.29. The van der Waals surface area contributed by atoms with Gasteiger partial charge in [0, 0.05) is 6.04 Å². The summed E-state index contributed by atoms with van der Waals surface area (Å²) in [5, 5.41) is 0. The Morgan fingerprint density at radius 2 is 1.94 bits per heavy atom. The highest BCUT2D eigenvalue weighted by molar-refractivity contribution is 5.30. The number of benzene rings is 1. The fourth-order valence-electron chi connectivity index (χ4n) is 2.42. The van der Waals surface area contributed by atoms with Crippen molar-refractivity contribution in [3.63, 3.8) is 0 Å². The maximum Gasteiger partial charge on any atom is 0.165 e. The van der Waals surface area contributed by atoms with Gasteiger partial charge in [0.15, 0.2) is 11.6 Å². The van der Waals surface area contributed by atoms with Crippen LogP contribution in [0, 0.1) is 11.7 Å². The first kappa shape index (κ1) is 13.3. The molecule has 1 aliphatic rings. The Morgan fingerprint density at radius 1 is 1.28 bits per heavy atom. The van der Waals surface area contributed by atoms with E-state index in [4.69, 9.17) is 10.5 Å². The van der Waals surface area contributed by atoms with Crippen molar-refractivity contribution in [2.75, 3.05) is 0 Å². The lowest BCUT2D eigenvalue weighted by Gasteiger charge is -2.27. The number of nitrogens with two attached hydrogens (primary N) is 1. The van der Waals surface area contributed by atoms with E-state index in [9.17, 15) is 4.39 Å². The second-order valence-corrected chi connectivity index (χ2v) is 5.48. The smallest absolute Gasteiger partial charge is 0.165 e. The molecule has 0 bridgehead atoms. The first-order valence-electron chi connectivity index (χ1n) is 6.78. The van der Waals surface area contributed by atoms with Gasteiger partial charge in [-0.1, -0.05) is 13.0 Å². The lowest BCUT2D eigenvalue weighted by molar-refractivity contribution is 0.130. The highest BCUT2D eigenvalue weighted by atomic mass is 19.1. The molecule has 1 atom stereocenters. The molecule has 0 heterocycles. The minimum absolute atomic E-state index is 0.149. The highest BCUT2D eigenvalue weighted by Gasteiger charge is 2.20. The van der Waals surface area contributed by atoms with E-state index < -0.39 is 0 Å². The second-order valence-electron chi connectivity index (χ2n) is 5.48. The number of hydrogen-bond donors (Lipinski definition) is 1. The third-order valence-electron chi connectivity index (χ3n) is 3.74. The first-order valence-corrected chi connectivity index (χ1v) is 6.78. The molecule has 1 aromatic rings. The van der Waals surface area contributed by atoms with Gasteiger partial charge in [0.1, 0.15) is 0 Å². The molecule has 100 valence electrons. The molecule has 0 amide bonds. The molecule has 1 aromatic carbocycles. The zero-order valence-corrected chi connectivity index (χ0v) is 11.2. The predicted octanol–water partition coefficient (Wildman–Crippen LogP) is 3.80. The third kappa shape index (κ3) is 3.22. The normalized spacial score (nSPS) is 25.8. The van der Waals surface area contributed by atoms with Crippen molar-refractivity contribution in [2.45, 2.75) is 51.7 Å². The molecule has 2 rings (SSSR count). The molecule has 0 aliphatic heterocycles. The van der Waals surface area contributed by atoms with Crippen LogP contribution in [-0.2, 0) is 0 Å². The van der Waals surface area contributed by atoms with E-state index in [1.54, 1.807) is 6.07 Å². The van der Waals surface area contributed by atoms with Crippen LogP contribution in [0.15, 0.2) is 18.2 Å². The van der Waals surface area contributed by atoms with E-state index in [1.807, 2.05) is 13.0 Å². The first-order chi connectivity index (χ1) is 8.56. The molecule has 18 heavy (non-hydrogen) atoms. The molecule has 0 saturated heterocycles. The summed E-state index contributed by atoms with van der Waals surface area (Å²) in [6.45, 7) is 4.10. The zero-order chi connectivity index (χ0) is 13.1. The summed E-state index contributed by atoms with van der Waals surface area (Å²) in [4.78, 5) is 0. The molecule has 1 saturated carbocycles. The molecular weight excluding hydrogens is 229 g/mol. The van der Waals surface area contributed by atoms with Crippen LogP contribution in [0.5, 0.6) is 5.75 Å². The van der Waals surface area contributed by atoms with Gasteiger partial charge in [0.05, 0.1) is 6.10 Å². The summed E-state index contributed by atoms with van der Waals surface area (Å²) in [5.74, 6) is 0.831. The lowest BCUT2D eigenvalue weighted by Crippen LogP contribution is -2.23. The van der Waals surface area contributed by atoms with Crippen molar-refractivity contribution in [1.82, 2.24) is 0 Å². The Kier molecular flexibility index (Phi) is 4.23. The van der Waals surface area contributed by atoms with E-state index in [0.29, 0.717) is 5.75 Å². The van der Waals surface area contributed by atoms with Crippen LogP contribution in [0.3, 0.4) is 0 Å². The van der Waals surface area contributed by atoms with Crippen LogP contribution in [-0.4, -0.2) is 6.10 Å². The van der Waals surface area contributed by atoms with Crippen LogP contribution in [0.25, 0.3) is 0 Å². The van der Waals surface area contributed by atoms with Gasteiger partial charge in [0.2, 0.25) is 0 Å². The largest absolute Gasteiger partial charge is 0.487 e. The summed E-state index contributed by atoms with van der Waals surface area (Å²) in [7, 11) is 0. The molecule has 0 radical (unpaired) electrons. The average molecular weight is 251 g/mol. The summed E-state index contributed by atoms with van der Waals surface area (Å²) in [6, 6.07) is 4.87. The minimum Gasteiger partial charge on any atom is -0.487 e. The van der Waals surface area contributed by atoms with Gasteiger partial charge in [-0.15, -0.1) is 0 Å². The van der Waals surface area contributed by atoms with Crippen LogP contribution >= 0.6 is 0 Å². The topological polar surface area (TPSA) is 35.2 Å². The van der Waals surface area contributed by atoms with Crippen LogP contribution in [0.1, 0.15) is 51.1 Å². The summed E-state index contributed by atoms with van der Waals surface area (Å²) in [6.07, 6.45) is 4.55. The van der Waals surface area contributed by atoms with E-state index in [1.165, 1.54) is 18.9 Å². The molecule has 1 aliphatic carbocycles. The van der Waals surface area contributed by atoms with Crippen molar-refractivity contribution in [2.24, 2.45) is 11.7 Å². The van der Waals surface area contributed by atoms with E-state index >= 15 is 0 Å². The van der Waals surface area contributed by atoms with Gasteiger partial charge in [-0.3, -0.25) is 0 Å². The van der Waals surface area contributed by atoms with Gasteiger partial charge in [-0.2, -0.15) is 0 Å². The monoisotopic (exact) mass is 251 g/mol. The Balaban J connectivity index is 2.01. The van der Waals surface area contributed by atoms with E-state index in [2.05, 4.69) is 6.92 Å². The van der Waals surface area contributed by atoms with Crippen molar-refractivity contribution in [3.05, 3.63) is 29.6 Å². The number of halogens is 1. The van der Waals surface area contributed by atoms with Crippen molar-refractivity contribution < 1.29 is 9.13 Å². The Bertz CT molecular complexity index is 397. The van der Waals surface area contributed by atoms with E-state index in [-0.39, 0.29) is 18.0 Å². The van der Waals surface area contributed by atoms with Crippen LogP contribution in [0.4, 0.5) is 4.39 Å². The predicted molar refractivity (Wildman–Crippen MR) is 71.1 cm³/mol. The Labute approximate surface area is 108 Å². The molecule has 0 aromatic heterocycles. The van der Waals surface area contributed by atoms with Gasteiger partial charge in [-0.05, 0) is 56.2 Å².